The molecule has 0 aliphatic heterocycles. The van der Waals surface area contributed by atoms with E-state index in [4.69, 9.17) is 11.6 Å². The SMILES string of the molecule is ClCCCCCCc1cc[c]cc1. The van der Waals surface area contributed by atoms with Gasteiger partial charge in [0.15, 0.2) is 0 Å². The molecular weight excluding hydrogens is 180 g/mol. The average molecular weight is 196 g/mol. The highest BCUT2D eigenvalue weighted by molar-refractivity contribution is 6.17. The molecule has 0 amide bonds. The lowest BCUT2D eigenvalue weighted by atomic mass is 10.1. The molecule has 1 heteroatoms. The van der Waals surface area contributed by atoms with Gasteiger partial charge in [0.05, 0.1) is 0 Å². The van der Waals surface area contributed by atoms with Crippen molar-refractivity contribution in [1.29, 1.82) is 0 Å². The molecule has 1 aromatic carbocycles. The van der Waals surface area contributed by atoms with Crippen molar-refractivity contribution in [1.82, 2.24) is 0 Å². The molecule has 0 fully saturated rings. The monoisotopic (exact) mass is 195 g/mol. The fourth-order valence-electron chi connectivity index (χ4n) is 1.37. The summed E-state index contributed by atoms with van der Waals surface area (Å²) in [6, 6.07) is 11.3. The van der Waals surface area contributed by atoms with Gasteiger partial charge in [0.2, 0.25) is 0 Å². The standard InChI is InChI=1S/C12H16Cl/c13-11-7-2-1-4-8-12-9-5-3-6-10-12/h5-6,9-10H,1-2,4,7-8,11H2. The van der Waals surface area contributed by atoms with Crippen LogP contribution in [-0.2, 0) is 6.42 Å². The Hall–Kier alpha value is -0.490. The molecule has 0 spiro atoms. The topological polar surface area (TPSA) is 0 Å². The normalized spacial score (nSPS) is 10.2. The van der Waals surface area contributed by atoms with E-state index in [-0.39, 0.29) is 0 Å². The van der Waals surface area contributed by atoms with Crippen LogP contribution in [0.1, 0.15) is 31.2 Å². The van der Waals surface area contributed by atoms with Crippen LogP contribution in [0, 0.1) is 6.07 Å². The van der Waals surface area contributed by atoms with Crippen molar-refractivity contribution in [3.63, 3.8) is 0 Å². The summed E-state index contributed by atoms with van der Waals surface area (Å²) in [4.78, 5) is 0. The lowest BCUT2D eigenvalue weighted by Crippen LogP contribution is -1.85. The maximum atomic E-state index is 5.59. The summed E-state index contributed by atoms with van der Waals surface area (Å²) in [5, 5.41) is 0. The highest BCUT2D eigenvalue weighted by atomic mass is 35.5. The van der Waals surface area contributed by atoms with E-state index in [1.54, 1.807) is 0 Å². The minimum absolute atomic E-state index is 0.806. The highest BCUT2D eigenvalue weighted by Crippen LogP contribution is 2.07. The molecule has 0 bridgehead atoms. The summed E-state index contributed by atoms with van der Waals surface area (Å²) >= 11 is 5.59. The molecule has 0 saturated carbocycles. The van der Waals surface area contributed by atoms with Gasteiger partial charge in [0.25, 0.3) is 0 Å². The number of benzene rings is 1. The van der Waals surface area contributed by atoms with E-state index in [1.807, 2.05) is 12.1 Å². The van der Waals surface area contributed by atoms with Gasteiger partial charge < -0.3 is 0 Å². The summed E-state index contributed by atoms with van der Waals surface area (Å²) in [6.45, 7) is 0. The number of rotatable bonds is 6. The maximum absolute atomic E-state index is 5.59. The first-order valence-electron chi connectivity index (χ1n) is 4.94. The Morgan fingerprint density at radius 1 is 1.00 bits per heavy atom. The zero-order valence-electron chi connectivity index (χ0n) is 7.93. The van der Waals surface area contributed by atoms with E-state index >= 15 is 0 Å². The van der Waals surface area contributed by atoms with Crippen LogP contribution in [0.25, 0.3) is 0 Å². The molecule has 0 aliphatic carbocycles. The number of hydrogen-bond acceptors (Lipinski definition) is 0. The number of halogens is 1. The third kappa shape index (κ3) is 4.94. The van der Waals surface area contributed by atoms with Gasteiger partial charge in [-0.25, -0.2) is 0 Å². The Morgan fingerprint density at radius 3 is 2.38 bits per heavy atom. The molecule has 0 unspecified atom stereocenters. The quantitative estimate of drug-likeness (QED) is 0.478. The van der Waals surface area contributed by atoms with E-state index in [2.05, 4.69) is 18.2 Å². The third-order valence-corrected chi connectivity index (χ3v) is 2.40. The van der Waals surface area contributed by atoms with E-state index in [1.165, 1.54) is 31.2 Å². The fraction of sp³-hybridized carbons (Fsp3) is 0.500. The molecule has 13 heavy (non-hydrogen) atoms. The Morgan fingerprint density at radius 2 is 1.69 bits per heavy atom. The first kappa shape index (κ1) is 10.6. The summed E-state index contributed by atoms with van der Waals surface area (Å²) in [7, 11) is 0. The zero-order chi connectivity index (χ0) is 9.36. The van der Waals surface area contributed by atoms with E-state index in [0.717, 1.165) is 12.3 Å². The molecule has 0 nitrogen and oxygen atoms in total. The van der Waals surface area contributed by atoms with Crippen molar-refractivity contribution in [3.05, 3.63) is 35.9 Å². The van der Waals surface area contributed by atoms with Crippen LogP contribution < -0.4 is 0 Å². The molecule has 0 aromatic heterocycles. The molecule has 0 N–H and O–H groups in total. The predicted molar refractivity (Wildman–Crippen MR) is 58.2 cm³/mol. The predicted octanol–water partition coefficient (Wildman–Crippen LogP) is 3.83. The molecule has 1 rings (SSSR count). The van der Waals surface area contributed by atoms with E-state index in [9.17, 15) is 0 Å². The summed E-state index contributed by atoms with van der Waals surface area (Å²) in [5.41, 5.74) is 1.42. The van der Waals surface area contributed by atoms with Crippen molar-refractivity contribution < 1.29 is 0 Å². The van der Waals surface area contributed by atoms with Crippen molar-refractivity contribution in [2.24, 2.45) is 0 Å². The molecule has 0 aliphatic rings. The summed E-state index contributed by atoms with van der Waals surface area (Å²) in [6.07, 6.45) is 6.19. The Bertz CT molecular complexity index is 206. The van der Waals surface area contributed by atoms with Gasteiger partial charge >= 0.3 is 0 Å². The van der Waals surface area contributed by atoms with Crippen LogP contribution in [0.2, 0.25) is 0 Å². The smallest absolute Gasteiger partial charge is 0.0223 e. The second-order valence-corrected chi connectivity index (χ2v) is 3.64. The van der Waals surface area contributed by atoms with Crippen molar-refractivity contribution in [2.75, 3.05) is 5.88 Å². The van der Waals surface area contributed by atoms with Crippen LogP contribution in [0.3, 0.4) is 0 Å². The second kappa shape index (κ2) is 6.97. The lowest BCUT2D eigenvalue weighted by molar-refractivity contribution is 0.669. The van der Waals surface area contributed by atoms with Crippen LogP contribution in [0.5, 0.6) is 0 Å². The van der Waals surface area contributed by atoms with Crippen molar-refractivity contribution in [2.45, 2.75) is 32.1 Å². The average Bonchev–Trinajstić information content (AvgIpc) is 2.19. The molecular formula is C12H16Cl. The van der Waals surface area contributed by atoms with Gasteiger partial charge in [0, 0.05) is 5.88 Å². The van der Waals surface area contributed by atoms with Crippen molar-refractivity contribution in [3.8, 4) is 0 Å². The molecule has 0 atom stereocenters. The first-order valence-corrected chi connectivity index (χ1v) is 5.48. The maximum Gasteiger partial charge on any atom is 0.0223 e. The number of alkyl halides is 1. The van der Waals surface area contributed by atoms with Crippen LogP contribution in [0.15, 0.2) is 24.3 Å². The van der Waals surface area contributed by atoms with Gasteiger partial charge in [-0.05, 0) is 30.9 Å². The lowest BCUT2D eigenvalue weighted by Gasteiger charge is -2.00. The Balaban J connectivity index is 2.07. The number of hydrogen-bond donors (Lipinski definition) is 0. The van der Waals surface area contributed by atoms with Crippen LogP contribution >= 0.6 is 11.6 Å². The fourth-order valence-corrected chi connectivity index (χ4v) is 1.55. The van der Waals surface area contributed by atoms with E-state index < -0.39 is 0 Å². The van der Waals surface area contributed by atoms with Gasteiger partial charge in [-0.2, -0.15) is 0 Å². The zero-order valence-corrected chi connectivity index (χ0v) is 8.69. The Labute approximate surface area is 85.9 Å². The molecule has 0 heterocycles. The molecule has 1 radical (unpaired) electrons. The summed E-state index contributed by atoms with van der Waals surface area (Å²) < 4.78 is 0. The number of aryl methyl sites for hydroxylation is 1. The van der Waals surface area contributed by atoms with Gasteiger partial charge in [0.1, 0.15) is 0 Å². The van der Waals surface area contributed by atoms with Gasteiger partial charge in [-0.1, -0.05) is 37.1 Å². The molecule has 1 aromatic rings. The second-order valence-electron chi connectivity index (χ2n) is 3.26. The minimum Gasteiger partial charge on any atom is -0.127 e. The molecule has 0 saturated heterocycles. The Kier molecular flexibility index (Phi) is 5.67. The van der Waals surface area contributed by atoms with Crippen LogP contribution in [-0.4, -0.2) is 5.88 Å². The minimum atomic E-state index is 0.806. The third-order valence-electron chi connectivity index (χ3n) is 2.14. The van der Waals surface area contributed by atoms with Gasteiger partial charge in [-0.3, -0.25) is 0 Å². The number of unbranched alkanes of at least 4 members (excludes halogenated alkanes) is 3. The van der Waals surface area contributed by atoms with Crippen molar-refractivity contribution >= 4 is 11.6 Å². The van der Waals surface area contributed by atoms with E-state index in [0.29, 0.717) is 0 Å². The largest absolute Gasteiger partial charge is 0.127 e. The van der Waals surface area contributed by atoms with Crippen LogP contribution in [0.4, 0.5) is 0 Å². The first-order chi connectivity index (χ1) is 6.43. The van der Waals surface area contributed by atoms with Gasteiger partial charge in [-0.15, -0.1) is 11.6 Å². The summed E-state index contributed by atoms with van der Waals surface area (Å²) in [5.74, 6) is 0.806. The highest BCUT2D eigenvalue weighted by Gasteiger charge is 1.92. The molecule has 71 valence electrons.